The first-order valence-corrected chi connectivity index (χ1v) is 6.87. The van der Waals surface area contributed by atoms with Crippen molar-refractivity contribution in [2.75, 3.05) is 26.2 Å². The van der Waals surface area contributed by atoms with Crippen molar-refractivity contribution in [3.8, 4) is 0 Å². The predicted octanol–water partition coefficient (Wildman–Crippen LogP) is 1.06. The van der Waals surface area contributed by atoms with E-state index < -0.39 is 0 Å². The van der Waals surface area contributed by atoms with E-state index in [1.807, 2.05) is 0 Å². The Morgan fingerprint density at radius 2 is 2.47 bits per heavy atom. The Morgan fingerprint density at radius 1 is 1.59 bits per heavy atom. The first-order valence-electron chi connectivity index (χ1n) is 6.87. The zero-order chi connectivity index (χ0) is 12.1. The summed E-state index contributed by atoms with van der Waals surface area (Å²) < 4.78 is 5.53. The van der Waals surface area contributed by atoms with Gasteiger partial charge in [0, 0.05) is 19.7 Å². The smallest absolute Gasteiger partial charge is 0.227 e. The minimum Gasteiger partial charge on any atom is -0.376 e. The van der Waals surface area contributed by atoms with E-state index in [1.54, 1.807) is 0 Å². The van der Waals surface area contributed by atoms with Crippen molar-refractivity contribution in [2.24, 2.45) is 5.41 Å². The molecule has 2 aliphatic rings. The molecule has 0 aromatic carbocycles. The lowest BCUT2D eigenvalue weighted by atomic mass is 9.81. The van der Waals surface area contributed by atoms with Gasteiger partial charge in [0.05, 0.1) is 11.5 Å². The van der Waals surface area contributed by atoms with Crippen LogP contribution in [0.1, 0.15) is 39.0 Å². The van der Waals surface area contributed by atoms with Crippen LogP contribution in [0.5, 0.6) is 0 Å². The molecule has 17 heavy (non-hydrogen) atoms. The summed E-state index contributed by atoms with van der Waals surface area (Å²) in [4.78, 5) is 12.3. The number of ether oxygens (including phenoxy) is 1. The van der Waals surface area contributed by atoms with E-state index in [0.717, 1.165) is 51.8 Å². The van der Waals surface area contributed by atoms with Gasteiger partial charge in [-0.2, -0.15) is 0 Å². The molecule has 2 rings (SSSR count). The maximum absolute atomic E-state index is 12.3. The first kappa shape index (κ1) is 12.8. The summed E-state index contributed by atoms with van der Waals surface area (Å²) in [6, 6.07) is 0. The average Bonchev–Trinajstić information content (AvgIpc) is 2.97. The molecular weight excluding hydrogens is 216 g/mol. The molecule has 4 heteroatoms. The third-order valence-electron chi connectivity index (χ3n) is 3.97. The first-order chi connectivity index (χ1) is 8.27. The summed E-state index contributed by atoms with van der Waals surface area (Å²) in [5.74, 6) is 0.222. The molecular formula is C13H24N2O2. The van der Waals surface area contributed by atoms with Crippen molar-refractivity contribution < 1.29 is 9.53 Å². The SMILES string of the molecule is CCCC1(C(=O)NCC2CCCO2)CCNC1. The molecule has 1 amide bonds. The van der Waals surface area contributed by atoms with E-state index in [2.05, 4.69) is 17.6 Å². The van der Waals surface area contributed by atoms with Gasteiger partial charge in [0.25, 0.3) is 0 Å². The van der Waals surface area contributed by atoms with Gasteiger partial charge in [0.1, 0.15) is 0 Å². The highest BCUT2D eigenvalue weighted by Crippen LogP contribution is 2.31. The average molecular weight is 240 g/mol. The van der Waals surface area contributed by atoms with E-state index in [-0.39, 0.29) is 17.4 Å². The normalized spacial score (nSPS) is 32.9. The lowest BCUT2D eigenvalue weighted by Gasteiger charge is -2.27. The second-order valence-corrected chi connectivity index (χ2v) is 5.30. The van der Waals surface area contributed by atoms with E-state index >= 15 is 0 Å². The monoisotopic (exact) mass is 240 g/mol. The summed E-state index contributed by atoms with van der Waals surface area (Å²) in [6.45, 7) is 5.48. The zero-order valence-corrected chi connectivity index (χ0v) is 10.8. The number of carbonyl (C=O) groups excluding carboxylic acids is 1. The van der Waals surface area contributed by atoms with E-state index in [4.69, 9.17) is 4.74 Å². The van der Waals surface area contributed by atoms with Crippen LogP contribution in [0.25, 0.3) is 0 Å². The Balaban J connectivity index is 1.83. The van der Waals surface area contributed by atoms with Gasteiger partial charge in [0.2, 0.25) is 5.91 Å². The third kappa shape index (κ3) is 2.99. The summed E-state index contributed by atoms with van der Waals surface area (Å²) in [6.07, 6.45) is 5.47. The molecule has 2 saturated heterocycles. The number of rotatable bonds is 5. The van der Waals surface area contributed by atoms with Crippen LogP contribution in [0, 0.1) is 5.41 Å². The van der Waals surface area contributed by atoms with Gasteiger partial charge in [-0.1, -0.05) is 13.3 Å². The Hall–Kier alpha value is -0.610. The van der Waals surface area contributed by atoms with Crippen molar-refractivity contribution in [3.05, 3.63) is 0 Å². The van der Waals surface area contributed by atoms with E-state index in [9.17, 15) is 4.79 Å². The van der Waals surface area contributed by atoms with Crippen LogP contribution < -0.4 is 10.6 Å². The Kier molecular flexibility index (Phi) is 4.40. The lowest BCUT2D eigenvalue weighted by Crippen LogP contribution is -2.44. The van der Waals surface area contributed by atoms with Gasteiger partial charge in [0.15, 0.2) is 0 Å². The topological polar surface area (TPSA) is 50.4 Å². The van der Waals surface area contributed by atoms with Crippen molar-refractivity contribution in [1.29, 1.82) is 0 Å². The maximum Gasteiger partial charge on any atom is 0.227 e. The highest BCUT2D eigenvalue weighted by molar-refractivity contribution is 5.83. The predicted molar refractivity (Wildman–Crippen MR) is 66.8 cm³/mol. The van der Waals surface area contributed by atoms with Crippen molar-refractivity contribution in [2.45, 2.75) is 45.1 Å². The van der Waals surface area contributed by atoms with Crippen molar-refractivity contribution in [1.82, 2.24) is 10.6 Å². The molecule has 0 aromatic heterocycles. The van der Waals surface area contributed by atoms with Gasteiger partial charge < -0.3 is 15.4 Å². The number of hydrogen-bond acceptors (Lipinski definition) is 3. The second kappa shape index (κ2) is 5.83. The molecule has 2 N–H and O–H groups in total. The molecule has 2 atom stereocenters. The van der Waals surface area contributed by atoms with Gasteiger partial charge in [-0.15, -0.1) is 0 Å². The van der Waals surface area contributed by atoms with Crippen LogP contribution in [0.2, 0.25) is 0 Å². The van der Waals surface area contributed by atoms with E-state index in [1.165, 1.54) is 0 Å². The molecule has 4 nitrogen and oxygen atoms in total. The Bertz CT molecular complexity index is 256. The second-order valence-electron chi connectivity index (χ2n) is 5.30. The Labute approximate surface area is 103 Å². The molecule has 2 heterocycles. The molecule has 2 fully saturated rings. The Morgan fingerprint density at radius 3 is 3.06 bits per heavy atom. The number of nitrogens with one attached hydrogen (secondary N) is 2. The largest absolute Gasteiger partial charge is 0.376 e. The third-order valence-corrected chi connectivity index (χ3v) is 3.97. The van der Waals surface area contributed by atoms with Gasteiger partial charge in [-0.05, 0) is 32.2 Å². The fourth-order valence-electron chi connectivity index (χ4n) is 2.94. The van der Waals surface area contributed by atoms with Crippen LogP contribution in [-0.4, -0.2) is 38.3 Å². The van der Waals surface area contributed by atoms with Gasteiger partial charge in [-0.25, -0.2) is 0 Å². The molecule has 98 valence electrons. The van der Waals surface area contributed by atoms with Gasteiger partial charge >= 0.3 is 0 Å². The summed E-state index contributed by atoms with van der Waals surface area (Å²) in [7, 11) is 0. The quantitative estimate of drug-likeness (QED) is 0.755. The number of amides is 1. The minimum atomic E-state index is -0.159. The zero-order valence-electron chi connectivity index (χ0n) is 10.8. The van der Waals surface area contributed by atoms with Gasteiger partial charge in [-0.3, -0.25) is 4.79 Å². The highest BCUT2D eigenvalue weighted by Gasteiger charge is 2.40. The number of hydrogen-bond donors (Lipinski definition) is 2. The molecule has 0 radical (unpaired) electrons. The fourth-order valence-corrected chi connectivity index (χ4v) is 2.94. The van der Waals surface area contributed by atoms with E-state index in [0.29, 0.717) is 6.54 Å². The van der Waals surface area contributed by atoms with Crippen molar-refractivity contribution >= 4 is 5.91 Å². The van der Waals surface area contributed by atoms with Crippen LogP contribution >= 0.6 is 0 Å². The van der Waals surface area contributed by atoms with Crippen LogP contribution in [0.15, 0.2) is 0 Å². The standard InChI is InChI=1S/C13H24N2O2/c1-2-5-13(6-7-14-10-13)12(16)15-9-11-4-3-8-17-11/h11,14H,2-10H2,1H3,(H,15,16). The molecule has 0 aliphatic carbocycles. The molecule has 2 unspecified atom stereocenters. The molecule has 0 bridgehead atoms. The fraction of sp³-hybridized carbons (Fsp3) is 0.923. The van der Waals surface area contributed by atoms with Crippen LogP contribution in [0.3, 0.4) is 0 Å². The van der Waals surface area contributed by atoms with Crippen LogP contribution in [-0.2, 0) is 9.53 Å². The summed E-state index contributed by atoms with van der Waals surface area (Å²) >= 11 is 0. The summed E-state index contributed by atoms with van der Waals surface area (Å²) in [5.41, 5.74) is -0.159. The van der Waals surface area contributed by atoms with Crippen LogP contribution in [0.4, 0.5) is 0 Å². The maximum atomic E-state index is 12.3. The molecule has 0 aromatic rings. The molecule has 0 spiro atoms. The molecule has 0 saturated carbocycles. The molecule has 2 aliphatic heterocycles. The lowest BCUT2D eigenvalue weighted by molar-refractivity contribution is -0.131. The minimum absolute atomic E-state index is 0.159. The highest BCUT2D eigenvalue weighted by atomic mass is 16.5. The van der Waals surface area contributed by atoms with Crippen molar-refractivity contribution in [3.63, 3.8) is 0 Å². The summed E-state index contributed by atoms with van der Waals surface area (Å²) in [5, 5.41) is 6.40. The number of carbonyl (C=O) groups is 1.